The fourth-order valence-electron chi connectivity index (χ4n) is 2.45. The van der Waals surface area contributed by atoms with E-state index < -0.39 is 35.1 Å². The van der Waals surface area contributed by atoms with Crippen LogP contribution in [0.3, 0.4) is 0 Å². The molecule has 0 aromatic heterocycles. The smallest absolute Gasteiger partial charge is 0.325 e. The molecule has 0 aliphatic carbocycles. The second kappa shape index (κ2) is 8.43. The van der Waals surface area contributed by atoms with Crippen molar-refractivity contribution in [3.05, 3.63) is 58.6 Å². The zero-order valence-electron chi connectivity index (χ0n) is 14.7. The summed E-state index contributed by atoms with van der Waals surface area (Å²) >= 11 is 5.60. The van der Waals surface area contributed by atoms with Gasteiger partial charge in [0.2, 0.25) is 11.8 Å². The van der Waals surface area contributed by atoms with Crippen molar-refractivity contribution >= 4 is 34.8 Å². The Hall–Kier alpha value is -2.54. The minimum absolute atomic E-state index is 0.0595. The Kier molecular flexibility index (Phi) is 6.49. The Morgan fingerprint density at radius 1 is 1.11 bits per heavy atom. The first kappa shape index (κ1) is 20.8. The number of nitrogens with one attached hydrogen (secondary N) is 1. The number of aryl methyl sites for hydroxylation is 1. The van der Waals surface area contributed by atoms with Crippen LogP contribution in [0.5, 0.6) is 0 Å². The molecule has 0 heterocycles. The van der Waals surface area contributed by atoms with E-state index in [0.29, 0.717) is 5.69 Å². The number of hydrogen-bond donors (Lipinski definition) is 1. The van der Waals surface area contributed by atoms with E-state index in [4.69, 9.17) is 11.6 Å². The van der Waals surface area contributed by atoms with Crippen molar-refractivity contribution in [1.82, 2.24) is 0 Å². The van der Waals surface area contributed by atoms with E-state index in [9.17, 15) is 22.8 Å². The minimum Gasteiger partial charge on any atom is -0.325 e. The van der Waals surface area contributed by atoms with Crippen LogP contribution in [0.4, 0.5) is 24.5 Å². The van der Waals surface area contributed by atoms with E-state index in [0.717, 1.165) is 29.0 Å². The number of hydrogen-bond acceptors (Lipinski definition) is 2. The average Bonchev–Trinajstić information content (AvgIpc) is 2.60. The molecule has 0 atom stereocenters. The van der Waals surface area contributed by atoms with Crippen LogP contribution in [0.25, 0.3) is 0 Å². The highest BCUT2D eigenvalue weighted by Crippen LogP contribution is 2.37. The van der Waals surface area contributed by atoms with Crippen LogP contribution in [0, 0.1) is 0 Å². The zero-order valence-corrected chi connectivity index (χ0v) is 15.5. The zero-order chi connectivity index (χ0) is 20.2. The second-order valence-electron chi connectivity index (χ2n) is 5.87. The highest BCUT2D eigenvalue weighted by atomic mass is 35.5. The second-order valence-corrected chi connectivity index (χ2v) is 6.27. The van der Waals surface area contributed by atoms with Crippen molar-refractivity contribution in [2.45, 2.75) is 26.4 Å². The molecule has 0 radical (unpaired) electrons. The fourth-order valence-corrected chi connectivity index (χ4v) is 2.68. The van der Waals surface area contributed by atoms with Crippen molar-refractivity contribution < 1.29 is 22.8 Å². The number of benzene rings is 2. The van der Waals surface area contributed by atoms with Crippen molar-refractivity contribution in [3.8, 4) is 0 Å². The number of rotatable bonds is 5. The van der Waals surface area contributed by atoms with Crippen LogP contribution in [0.15, 0.2) is 42.5 Å². The van der Waals surface area contributed by atoms with Crippen LogP contribution in [-0.2, 0) is 22.2 Å². The molecule has 0 aliphatic rings. The molecule has 4 nitrogen and oxygen atoms in total. The molecule has 2 aromatic carbocycles. The lowest BCUT2D eigenvalue weighted by atomic mass is 10.1. The molecule has 0 unspecified atom stereocenters. The quantitative estimate of drug-likeness (QED) is 0.777. The van der Waals surface area contributed by atoms with Crippen LogP contribution in [0.2, 0.25) is 5.02 Å². The van der Waals surface area contributed by atoms with Gasteiger partial charge in [-0.1, -0.05) is 30.7 Å². The van der Waals surface area contributed by atoms with Crippen molar-refractivity contribution in [2.24, 2.45) is 0 Å². The first-order valence-electron chi connectivity index (χ1n) is 8.15. The molecule has 0 saturated heterocycles. The topological polar surface area (TPSA) is 49.4 Å². The third-order valence-electron chi connectivity index (χ3n) is 3.89. The van der Waals surface area contributed by atoms with Gasteiger partial charge in [-0.05, 0) is 42.3 Å². The van der Waals surface area contributed by atoms with E-state index in [1.54, 1.807) is 12.1 Å². The van der Waals surface area contributed by atoms with Crippen LogP contribution in [-0.4, -0.2) is 18.4 Å². The minimum atomic E-state index is -4.67. The summed E-state index contributed by atoms with van der Waals surface area (Å²) in [5, 5.41) is 2.15. The average molecular weight is 399 g/mol. The summed E-state index contributed by atoms with van der Waals surface area (Å²) in [6.07, 6.45) is -3.82. The Labute approximate surface area is 159 Å². The van der Waals surface area contributed by atoms with Gasteiger partial charge < -0.3 is 10.2 Å². The van der Waals surface area contributed by atoms with Crippen LogP contribution in [0.1, 0.15) is 25.0 Å². The highest BCUT2D eigenvalue weighted by Gasteiger charge is 2.34. The van der Waals surface area contributed by atoms with Gasteiger partial charge in [0, 0.05) is 18.3 Å². The van der Waals surface area contributed by atoms with E-state index >= 15 is 0 Å². The molecular weight excluding hydrogens is 381 g/mol. The largest absolute Gasteiger partial charge is 0.417 e. The van der Waals surface area contributed by atoms with Gasteiger partial charge in [-0.15, -0.1) is 0 Å². The van der Waals surface area contributed by atoms with Gasteiger partial charge in [0.05, 0.1) is 10.6 Å². The van der Waals surface area contributed by atoms with E-state index in [-0.39, 0.29) is 5.69 Å². The molecule has 0 fully saturated rings. The van der Waals surface area contributed by atoms with Crippen molar-refractivity contribution in [1.29, 1.82) is 0 Å². The molecule has 8 heteroatoms. The predicted molar refractivity (Wildman–Crippen MR) is 98.9 cm³/mol. The molecule has 2 rings (SSSR count). The predicted octanol–water partition coefficient (Wildman–Crippen LogP) is 4.91. The Morgan fingerprint density at radius 2 is 1.74 bits per heavy atom. The van der Waals surface area contributed by atoms with E-state index in [1.807, 2.05) is 19.1 Å². The maximum atomic E-state index is 13.0. The summed E-state index contributed by atoms with van der Waals surface area (Å²) in [5.41, 5.74) is 0.506. The van der Waals surface area contributed by atoms with Crippen LogP contribution >= 0.6 is 11.6 Å². The normalized spacial score (nSPS) is 11.2. The van der Waals surface area contributed by atoms with Gasteiger partial charge in [-0.2, -0.15) is 13.2 Å². The third kappa shape index (κ3) is 5.47. The standard InChI is InChI=1S/C19H18ClF3N2O2/c1-3-13-4-6-14(7-5-13)24-18(27)11-25(12(2)26)15-8-9-17(20)16(10-15)19(21,22)23/h4-10H,3,11H2,1-2H3,(H,24,27). The molecule has 144 valence electrons. The molecule has 27 heavy (non-hydrogen) atoms. The summed E-state index contributed by atoms with van der Waals surface area (Å²) in [7, 11) is 0. The van der Waals surface area contributed by atoms with E-state index in [1.165, 1.54) is 13.0 Å². The fraction of sp³-hybridized carbons (Fsp3) is 0.263. The monoisotopic (exact) mass is 398 g/mol. The first-order valence-corrected chi connectivity index (χ1v) is 8.53. The number of anilines is 2. The van der Waals surface area contributed by atoms with Crippen molar-refractivity contribution in [2.75, 3.05) is 16.8 Å². The van der Waals surface area contributed by atoms with Gasteiger partial charge in [-0.25, -0.2) is 0 Å². The van der Waals surface area contributed by atoms with Crippen molar-refractivity contribution in [3.63, 3.8) is 0 Å². The summed E-state index contributed by atoms with van der Waals surface area (Å²) in [5.74, 6) is -1.10. The molecule has 0 saturated carbocycles. The first-order chi connectivity index (χ1) is 12.6. The molecule has 2 amide bonds. The number of carbonyl (C=O) groups is 2. The van der Waals surface area contributed by atoms with Gasteiger partial charge in [0.25, 0.3) is 0 Å². The molecule has 0 spiro atoms. The third-order valence-corrected chi connectivity index (χ3v) is 4.22. The summed E-state index contributed by atoms with van der Waals surface area (Å²) in [4.78, 5) is 25.1. The maximum absolute atomic E-state index is 13.0. The van der Waals surface area contributed by atoms with Gasteiger partial charge >= 0.3 is 6.18 Å². The molecule has 0 aliphatic heterocycles. The lowest BCUT2D eigenvalue weighted by Gasteiger charge is -2.22. The number of carbonyl (C=O) groups excluding carboxylic acids is 2. The lowest BCUT2D eigenvalue weighted by molar-refractivity contribution is -0.137. The maximum Gasteiger partial charge on any atom is 0.417 e. The SMILES string of the molecule is CCc1ccc(NC(=O)CN(C(C)=O)c2ccc(Cl)c(C(F)(F)F)c2)cc1. The van der Waals surface area contributed by atoms with E-state index in [2.05, 4.69) is 5.32 Å². The number of nitrogens with zero attached hydrogens (tertiary/aromatic N) is 1. The van der Waals surface area contributed by atoms with Gasteiger partial charge in [-0.3, -0.25) is 9.59 Å². The Morgan fingerprint density at radius 3 is 2.26 bits per heavy atom. The highest BCUT2D eigenvalue weighted by molar-refractivity contribution is 6.31. The molecule has 1 N–H and O–H groups in total. The molecule has 0 bridgehead atoms. The number of alkyl halides is 3. The Bertz CT molecular complexity index is 836. The molecular formula is C19H18ClF3N2O2. The van der Waals surface area contributed by atoms with Gasteiger partial charge in [0.1, 0.15) is 6.54 Å². The van der Waals surface area contributed by atoms with Gasteiger partial charge in [0.15, 0.2) is 0 Å². The van der Waals surface area contributed by atoms with Crippen LogP contribution < -0.4 is 10.2 Å². The lowest BCUT2D eigenvalue weighted by Crippen LogP contribution is -2.36. The summed E-state index contributed by atoms with van der Waals surface area (Å²) in [6.45, 7) is 2.74. The summed E-state index contributed by atoms with van der Waals surface area (Å²) in [6, 6.07) is 10.2. The number of halogens is 4. The summed E-state index contributed by atoms with van der Waals surface area (Å²) < 4.78 is 39.1. The Balaban J connectivity index is 2.20. The number of amides is 2. The molecule has 2 aromatic rings.